The summed E-state index contributed by atoms with van der Waals surface area (Å²) in [5.41, 5.74) is 6.93. The maximum atomic E-state index is 13.2. The minimum absolute atomic E-state index is 0.0334. The average molecular weight is 401 g/mol. The van der Waals surface area contributed by atoms with Gasteiger partial charge in [0.2, 0.25) is 5.95 Å². The molecule has 30 heavy (non-hydrogen) atoms. The molecule has 4 rings (SSSR count). The molecular weight excluding hydrogens is 385 g/mol. The second-order valence-corrected chi connectivity index (χ2v) is 6.31. The van der Waals surface area contributed by atoms with Gasteiger partial charge in [-0.05, 0) is 18.2 Å². The molecule has 0 saturated heterocycles. The predicted molar refractivity (Wildman–Crippen MR) is 108 cm³/mol. The maximum Gasteiger partial charge on any atom is 0.273 e. The Morgan fingerprint density at radius 3 is 2.23 bits per heavy atom. The lowest BCUT2D eigenvalue weighted by Crippen LogP contribution is -2.41. The quantitative estimate of drug-likeness (QED) is 0.406. The summed E-state index contributed by atoms with van der Waals surface area (Å²) in [4.78, 5) is 28.4. The Bertz CT molecular complexity index is 1190. The van der Waals surface area contributed by atoms with Crippen LogP contribution in [0.5, 0.6) is 0 Å². The summed E-state index contributed by atoms with van der Waals surface area (Å²) in [5, 5.41) is 4.55. The Balaban J connectivity index is 1.61. The molecule has 0 unspecified atom stereocenters. The fourth-order valence-electron chi connectivity index (χ4n) is 2.86. The normalized spacial score (nSPS) is 10.4. The molecule has 0 radical (unpaired) electrons. The number of nitrogens with zero attached hydrogens (tertiary/aromatic N) is 3. The third-order valence-corrected chi connectivity index (χ3v) is 4.31. The number of carbonyl (C=O) groups is 2. The van der Waals surface area contributed by atoms with Gasteiger partial charge in [0.05, 0.1) is 11.3 Å². The lowest BCUT2D eigenvalue weighted by molar-refractivity contribution is 0.0846. The molecule has 2 heterocycles. The van der Waals surface area contributed by atoms with Crippen LogP contribution >= 0.6 is 0 Å². The van der Waals surface area contributed by atoms with E-state index in [1.807, 2.05) is 60.7 Å². The van der Waals surface area contributed by atoms with E-state index in [-0.39, 0.29) is 11.1 Å². The summed E-state index contributed by atoms with van der Waals surface area (Å²) in [6, 6.07) is 20.9. The van der Waals surface area contributed by atoms with Crippen LogP contribution in [-0.2, 0) is 0 Å². The van der Waals surface area contributed by atoms with Crippen LogP contribution < -0.4 is 10.9 Å². The van der Waals surface area contributed by atoms with E-state index in [0.29, 0.717) is 5.69 Å². The molecule has 2 N–H and O–H groups in total. The Kier molecular flexibility index (Phi) is 5.29. The van der Waals surface area contributed by atoms with Crippen LogP contribution in [0.2, 0.25) is 0 Å². The molecule has 2 aromatic carbocycles. The lowest BCUT2D eigenvalue weighted by atomic mass is 10.1. The second-order valence-electron chi connectivity index (χ2n) is 6.31. The van der Waals surface area contributed by atoms with Gasteiger partial charge < -0.3 is 0 Å². The molecule has 0 saturated carbocycles. The highest BCUT2D eigenvalue weighted by Gasteiger charge is 2.19. The Labute approximate surface area is 171 Å². The molecular formula is C22H16FN5O2. The number of hydrogen-bond donors (Lipinski definition) is 2. The SMILES string of the molecule is O=C(NNC(=O)c1cn(-c2ccccc2)nc1-c1ccccc1)c1ccnc(F)c1. The summed E-state index contributed by atoms with van der Waals surface area (Å²) >= 11 is 0. The van der Waals surface area contributed by atoms with Crippen LogP contribution in [0.15, 0.2) is 85.2 Å². The maximum absolute atomic E-state index is 13.2. The summed E-state index contributed by atoms with van der Waals surface area (Å²) in [6.45, 7) is 0. The zero-order valence-corrected chi connectivity index (χ0v) is 15.6. The van der Waals surface area contributed by atoms with Crippen LogP contribution in [0.3, 0.4) is 0 Å². The van der Waals surface area contributed by atoms with Crippen LogP contribution in [0.4, 0.5) is 4.39 Å². The van der Waals surface area contributed by atoms with Gasteiger partial charge in [0.15, 0.2) is 0 Å². The van der Waals surface area contributed by atoms with Gasteiger partial charge in [-0.25, -0.2) is 9.67 Å². The third-order valence-electron chi connectivity index (χ3n) is 4.31. The van der Waals surface area contributed by atoms with Crippen molar-refractivity contribution in [2.75, 3.05) is 0 Å². The Hall–Kier alpha value is -4.33. The van der Waals surface area contributed by atoms with E-state index in [9.17, 15) is 14.0 Å². The number of halogens is 1. The first kappa shape index (κ1) is 19.0. The number of carbonyl (C=O) groups excluding carboxylic acids is 2. The molecule has 0 spiro atoms. The number of para-hydroxylation sites is 1. The van der Waals surface area contributed by atoms with Gasteiger partial charge in [0, 0.05) is 29.6 Å². The molecule has 8 heteroatoms. The summed E-state index contributed by atoms with van der Waals surface area (Å²) in [5.74, 6) is -2.01. The number of rotatable bonds is 4. The highest BCUT2D eigenvalue weighted by atomic mass is 19.1. The number of pyridine rings is 1. The van der Waals surface area contributed by atoms with Crippen LogP contribution in [0, 0.1) is 5.95 Å². The van der Waals surface area contributed by atoms with Crippen molar-refractivity contribution >= 4 is 11.8 Å². The van der Waals surface area contributed by atoms with Crippen molar-refractivity contribution in [1.29, 1.82) is 0 Å². The van der Waals surface area contributed by atoms with Crippen LogP contribution in [-0.4, -0.2) is 26.6 Å². The van der Waals surface area contributed by atoms with Crippen molar-refractivity contribution in [3.8, 4) is 16.9 Å². The number of aromatic nitrogens is 3. The molecule has 0 atom stereocenters. The Morgan fingerprint density at radius 1 is 0.867 bits per heavy atom. The first-order valence-electron chi connectivity index (χ1n) is 9.04. The third kappa shape index (κ3) is 4.07. The van der Waals surface area contributed by atoms with E-state index < -0.39 is 17.8 Å². The first-order valence-corrected chi connectivity index (χ1v) is 9.04. The molecule has 0 aliphatic heterocycles. The Morgan fingerprint density at radius 2 is 1.53 bits per heavy atom. The van der Waals surface area contributed by atoms with Gasteiger partial charge in [-0.15, -0.1) is 0 Å². The van der Waals surface area contributed by atoms with E-state index >= 15 is 0 Å². The van der Waals surface area contributed by atoms with E-state index in [2.05, 4.69) is 20.9 Å². The molecule has 0 bridgehead atoms. The molecule has 2 amide bonds. The number of hydrogen-bond acceptors (Lipinski definition) is 4. The summed E-state index contributed by atoms with van der Waals surface area (Å²) in [7, 11) is 0. The number of nitrogens with one attached hydrogen (secondary N) is 2. The average Bonchev–Trinajstić information content (AvgIpc) is 3.24. The highest BCUT2D eigenvalue weighted by Crippen LogP contribution is 2.23. The smallest absolute Gasteiger partial charge is 0.267 e. The van der Waals surface area contributed by atoms with Gasteiger partial charge in [0.25, 0.3) is 11.8 Å². The second kappa shape index (κ2) is 8.36. The van der Waals surface area contributed by atoms with Gasteiger partial charge in [-0.1, -0.05) is 48.5 Å². The van der Waals surface area contributed by atoms with Gasteiger partial charge in [-0.3, -0.25) is 20.4 Å². The molecule has 2 aromatic heterocycles. The predicted octanol–water partition coefficient (Wildman–Crippen LogP) is 3.15. The van der Waals surface area contributed by atoms with E-state index in [0.717, 1.165) is 17.3 Å². The zero-order chi connectivity index (χ0) is 20.9. The summed E-state index contributed by atoms with van der Waals surface area (Å²) < 4.78 is 14.8. The van der Waals surface area contributed by atoms with Crippen molar-refractivity contribution in [1.82, 2.24) is 25.6 Å². The van der Waals surface area contributed by atoms with Crippen molar-refractivity contribution in [2.24, 2.45) is 0 Å². The molecule has 148 valence electrons. The van der Waals surface area contributed by atoms with E-state index in [4.69, 9.17) is 0 Å². The van der Waals surface area contributed by atoms with E-state index in [1.54, 1.807) is 10.9 Å². The standard InChI is InChI=1S/C22H16FN5O2/c23-19-13-16(11-12-24-19)21(29)25-26-22(30)18-14-28(17-9-5-2-6-10-17)27-20(18)15-7-3-1-4-8-15/h1-14H,(H,25,29)(H,26,30). The molecule has 0 fully saturated rings. The monoisotopic (exact) mass is 401 g/mol. The highest BCUT2D eigenvalue weighted by molar-refractivity contribution is 6.02. The number of benzene rings is 2. The minimum atomic E-state index is -0.788. The molecule has 7 nitrogen and oxygen atoms in total. The van der Waals surface area contributed by atoms with Gasteiger partial charge >= 0.3 is 0 Å². The minimum Gasteiger partial charge on any atom is -0.267 e. The van der Waals surface area contributed by atoms with Crippen LogP contribution in [0.1, 0.15) is 20.7 Å². The largest absolute Gasteiger partial charge is 0.273 e. The molecule has 0 aliphatic rings. The van der Waals surface area contributed by atoms with Crippen molar-refractivity contribution in [2.45, 2.75) is 0 Å². The van der Waals surface area contributed by atoms with E-state index in [1.165, 1.54) is 12.3 Å². The van der Waals surface area contributed by atoms with Crippen molar-refractivity contribution < 1.29 is 14.0 Å². The first-order chi connectivity index (χ1) is 14.6. The van der Waals surface area contributed by atoms with Crippen molar-refractivity contribution in [3.05, 3.63) is 102 Å². The number of hydrazine groups is 1. The molecule has 4 aromatic rings. The zero-order valence-electron chi connectivity index (χ0n) is 15.6. The van der Waals surface area contributed by atoms with Crippen molar-refractivity contribution in [3.63, 3.8) is 0 Å². The summed E-state index contributed by atoms with van der Waals surface area (Å²) in [6.07, 6.45) is 2.76. The fraction of sp³-hybridized carbons (Fsp3) is 0. The fourth-order valence-corrected chi connectivity index (χ4v) is 2.86. The molecule has 0 aliphatic carbocycles. The van der Waals surface area contributed by atoms with Gasteiger partial charge in [-0.2, -0.15) is 9.49 Å². The topological polar surface area (TPSA) is 88.9 Å². The van der Waals surface area contributed by atoms with Gasteiger partial charge in [0.1, 0.15) is 5.69 Å². The van der Waals surface area contributed by atoms with Crippen LogP contribution in [0.25, 0.3) is 16.9 Å². The number of amides is 2. The lowest BCUT2D eigenvalue weighted by Gasteiger charge is -2.07.